The van der Waals surface area contributed by atoms with Gasteiger partial charge in [-0.1, -0.05) is 30.3 Å². The Balaban J connectivity index is 1.49. The number of aromatic nitrogens is 1. The Morgan fingerprint density at radius 1 is 1.36 bits per heavy atom. The van der Waals surface area contributed by atoms with Gasteiger partial charge in [0.15, 0.2) is 0 Å². The lowest BCUT2D eigenvalue weighted by Crippen LogP contribution is -2.42. The maximum Gasteiger partial charge on any atom is 0.222 e. The minimum absolute atomic E-state index is 0.00198. The molecule has 1 aliphatic heterocycles. The Morgan fingerprint density at radius 3 is 3.00 bits per heavy atom. The molecule has 1 atom stereocenters. The summed E-state index contributed by atoms with van der Waals surface area (Å²) in [6.45, 7) is 1.96. The maximum absolute atomic E-state index is 12.4. The van der Waals surface area contributed by atoms with Crippen molar-refractivity contribution in [2.45, 2.75) is 25.4 Å². The molecule has 0 aliphatic carbocycles. The number of benzene rings is 1. The summed E-state index contributed by atoms with van der Waals surface area (Å²) in [7, 11) is 0. The van der Waals surface area contributed by atoms with E-state index in [1.807, 2.05) is 34.7 Å². The van der Waals surface area contributed by atoms with Gasteiger partial charge in [-0.15, -0.1) is 11.3 Å². The highest BCUT2D eigenvalue weighted by atomic mass is 32.1. The molecule has 4 nitrogen and oxygen atoms in total. The van der Waals surface area contributed by atoms with E-state index in [0.717, 1.165) is 23.4 Å². The lowest BCUT2D eigenvalue weighted by molar-refractivity contribution is -0.139. The quantitative estimate of drug-likeness (QED) is 0.851. The van der Waals surface area contributed by atoms with Crippen LogP contribution in [0.15, 0.2) is 41.9 Å². The number of carbonyl (C=O) groups is 1. The summed E-state index contributed by atoms with van der Waals surface area (Å²) in [6, 6.07) is 10.1. The van der Waals surface area contributed by atoms with Crippen LogP contribution in [0.25, 0.3) is 0 Å². The molecule has 1 fully saturated rings. The van der Waals surface area contributed by atoms with Gasteiger partial charge in [0.25, 0.3) is 0 Å². The predicted molar refractivity (Wildman–Crippen MR) is 86.8 cm³/mol. The van der Waals surface area contributed by atoms with Gasteiger partial charge in [-0.2, -0.15) is 0 Å². The van der Waals surface area contributed by atoms with E-state index in [9.17, 15) is 4.79 Å². The number of nitrogens with zero attached hydrogens (tertiary/aromatic N) is 2. The number of ether oxygens (including phenoxy) is 1. The van der Waals surface area contributed by atoms with Gasteiger partial charge in [-0.25, -0.2) is 4.98 Å². The van der Waals surface area contributed by atoms with Crippen LogP contribution in [0, 0.1) is 0 Å². The summed E-state index contributed by atoms with van der Waals surface area (Å²) in [4.78, 5) is 18.5. The molecule has 1 saturated heterocycles. The predicted octanol–water partition coefficient (Wildman–Crippen LogP) is 3.07. The lowest BCUT2D eigenvalue weighted by Gasteiger charge is -2.33. The van der Waals surface area contributed by atoms with Gasteiger partial charge in [-0.3, -0.25) is 4.79 Å². The van der Waals surface area contributed by atoms with E-state index < -0.39 is 0 Å². The van der Waals surface area contributed by atoms with Crippen molar-refractivity contribution in [2.24, 2.45) is 0 Å². The molecule has 1 amide bonds. The molecule has 1 aromatic carbocycles. The molecule has 0 unspecified atom stereocenters. The SMILES string of the molecule is O=C(CCCc1nccs1)N1CCO[C@@H](c2ccccc2)C1. The molecule has 2 aromatic rings. The third-order valence-electron chi connectivity index (χ3n) is 3.86. The number of carbonyl (C=O) groups excluding carboxylic acids is 1. The maximum atomic E-state index is 12.4. The number of rotatable bonds is 5. The smallest absolute Gasteiger partial charge is 0.222 e. The van der Waals surface area contributed by atoms with Crippen molar-refractivity contribution in [1.82, 2.24) is 9.88 Å². The standard InChI is InChI=1S/C17H20N2O2S/c20-17(8-4-7-16-18-9-12-22-16)19-10-11-21-15(13-19)14-5-2-1-3-6-14/h1-3,5-6,9,12,15H,4,7-8,10-11,13H2/t15-/m1/s1. The Hall–Kier alpha value is -1.72. The van der Waals surface area contributed by atoms with Crippen molar-refractivity contribution >= 4 is 17.2 Å². The minimum Gasteiger partial charge on any atom is -0.370 e. The molecule has 1 aromatic heterocycles. The topological polar surface area (TPSA) is 42.4 Å². The Labute approximate surface area is 134 Å². The van der Waals surface area contributed by atoms with Gasteiger partial charge in [0.05, 0.1) is 18.2 Å². The Bertz CT molecular complexity index is 586. The fraction of sp³-hybridized carbons (Fsp3) is 0.412. The molecular formula is C17H20N2O2S. The van der Waals surface area contributed by atoms with Crippen LogP contribution >= 0.6 is 11.3 Å². The number of hydrogen-bond acceptors (Lipinski definition) is 4. The van der Waals surface area contributed by atoms with E-state index in [4.69, 9.17) is 4.74 Å². The van der Waals surface area contributed by atoms with Crippen molar-refractivity contribution in [3.05, 3.63) is 52.5 Å². The van der Waals surface area contributed by atoms with E-state index in [0.29, 0.717) is 26.1 Å². The molecule has 0 radical (unpaired) electrons. The first-order chi connectivity index (χ1) is 10.8. The molecule has 1 aliphatic rings. The molecular weight excluding hydrogens is 296 g/mol. The summed E-state index contributed by atoms with van der Waals surface area (Å²) < 4.78 is 5.81. The second kappa shape index (κ2) is 7.51. The summed E-state index contributed by atoms with van der Waals surface area (Å²) in [5.41, 5.74) is 1.14. The van der Waals surface area contributed by atoms with Crippen LogP contribution < -0.4 is 0 Å². The second-order valence-electron chi connectivity index (χ2n) is 5.39. The average molecular weight is 316 g/mol. The molecule has 0 N–H and O–H groups in total. The molecule has 5 heteroatoms. The van der Waals surface area contributed by atoms with Crippen LogP contribution in [0.5, 0.6) is 0 Å². The van der Waals surface area contributed by atoms with E-state index in [1.165, 1.54) is 0 Å². The Kier molecular flexibility index (Phi) is 5.19. The zero-order valence-corrected chi connectivity index (χ0v) is 13.3. The molecule has 0 bridgehead atoms. The van der Waals surface area contributed by atoms with Crippen molar-refractivity contribution in [1.29, 1.82) is 0 Å². The number of amides is 1. The average Bonchev–Trinajstić information content (AvgIpc) is 3.09. The molecule has 116 valence electrons. The number of hydrogen-bond donors (Lipinski definition) is 0. The zero-order chi connectivity index (χ0) is 15.2. The largest absolute Gasteiger partial charge is 0.370 e. The third kappa shape index (κ3) is 3.93. The van der Waals surface area contributed by atoms with Crippen molar-refractivity contribution < 1.29 is 9.53 Å². The van der Waals surface area contributed by atoms with Gasteiger partial charge in [0.2, 0.25) is 5.91 Å². The summed E-state index contributed by atoms with van der Waals surface area (Å²) in [6.07, 6.45) is 4.14. The van der Waals surface area contributed by atoms with Gasteiger partial charge in [0, 0.05) is 24.5 Å². The van der Waals surface area contributed by atoms with Gasteiger partial charge in [-0.05, 0) is 18.4 Å². The van der Waals surface area contributed by atoms with Gasteiger partial charge in [0.1, 0.15) is 6.10 Å². The number of aryl methyl sites for hydroxylation is 1. The van der Waals surface area contributed by atoms with E-state index in [-0.39, 0.29) is 12.0 Å². The molecule has 0 saturated carbocycles. The van der Waals surface area contributed by atoms with Gasteiger partial charge < -0.3 is 9.64 Å². The fourth-order valence-electron chi connectivity index (χ4n) is 2.67. The third-order valence-corrected chi connectivity index (χ3v) is 4.69. The highest BCUT2D eigenvalue weighted by Gasteiger charge is 2.24. The first-order valence-corrected chi connectivity index (χ1v) is 8.53. The van der Waals surface area contributed by atoms with Gasteiger partial charge >= 0.3 is 0 Å². The van der Waals surface area contributed by atoms with Crippen LogP contribution in [-0.2, 0) is 16.0 Å². The minimum atomic E-state index is -0.00198. The van der Waals surface area contributed by atoms with Crippen LogP contribution in [0.3, 0.4) is 0 Å². The van der Waals surface area contributed by atoms with Crippen molar-refractivity contribution in [2.75, 3.05) is 19.7 Å². The normalized spacial score (nSPS) is 18.4. The highest BCUT2D eigenvalue weighted by molar-refractivity contribution is 7.09. The zero-order valence-electron chi connectivity index (χ0n) is 12.5. The van der Waals surface area contributed by atoms with Crippen LogP contribution in [0.1, 0.15) is 29.5 Å². The first kappa shape index (κ1) is 15.2. The van der Waals surface area contributed by atoms with E-state index >= 15 is 0 Å². The van der Waals surface area contributed by atoms with E-state index in [1.54, 1.807) is 11.3 Å². The lowest BCUT2D eigenvalue weighted by atomic mass is 10.1. The molecule has 22 heavy (non-hydrogen) atoms. The molecule has 2 heterocycles. The first-order valence-electron chi connectivity index (χ1n) is 7.65. The van der Waals surface area contributed by atoms with Crippen molar-refractivity contribution in [3.8, 4) is 0 Å². The van der Waals surface area contributed by atoms with Crippen LogP contribution in [-0.4, -0.2) is 35.5 Å². The molecule has 0 spiro atoms. The summed E-state index contributed by atoms with van der Waals surface area (Å²) in [5, 5.41) is 3.08. The highest BCUT2D eigenvalue weighted by Crippen LogP contribution is 2.22. The van der Waals surface area contributed by atoms with Crippen LogP contribution in [0.2, 0.25) is 0 Å². The van der Waals surface area contributed by atoms with E-state index in [2.05, 4.69) is 17.1 Å². The summed E-state index contributed by atoms with van der Waals surface area (Å²) >= 11 is 1.65. The Morgan fingerprint density at radius 2 is 2.23 bits per heavy atom. The molecule has 3 rings (SSSR count). The fourth-order valence-corrected chi connectivity index (χ4v) is 3.33. The second-order valence-corrected chi connectivity index (χ2v) is 6.37. The monoisotopic (exact) mass is 316 g/mol. The van der Waals surface area contributed by atoms with Crippen LogP contribution in [0.4, 0.5) is 0 Å². The van der Waals surface area contributed by atoms with Crippen molar-refractivity contribution in [3.63, 3.8) is 0 Å². The number of morpholine rings is 1. The number of thiazole rings is 1. The summed E-state index contributed by atoms with van der Waals surface area (Å²) in [5.74, 6) is 0.223.